The van der Waals surface area contributed by atoms with Crippen LogP contribution in [0, 0.1) is 13.8 Å². The molecule has 3 aromatic rings. The highest BCUT2D eigenvalue weighted by Crippen LogP contribution is 2.38. The number of aryl methyl sites for hydroxylation is 3. The van der Waals surface area contributed by atoms with Gasteiger partial charge in [-0.2, -0.15) is 0 Å². The molecule has 6 nitrogen and oxygen atoms in total. The van der Waals surface area contributed by atoms with Crippen LogP contribution in [0.3, 0.4) is 0 Å². The number of carbonyl (C=O) groups is 2. The number of carbonyl (C=O) groups excluding carboxylic acids is 2. The van der Waals surface area contributed by atoms with E-state index in [0.717, 1.165) is 47.3 Å². The Bertz CT molecular complexity index is 1220. The highest BCUT2D eigenvalue weighted by molar-refractivity contribution is 7.17. The fourth-order valence-corrected chi connectivity index (χ4v) is 5.07. The van der Waals surface area contributed by atoms with E-state index in [0.29, 0.717) is 21.5 Å². The van der Waals surface area contributed by atoms with E-state index in [1.807, 2.05) is 19.9 Å². The lowest BCUT2D eigenvalue weighted by molar-refractivity contribution is 0.0526. The van der Waals surface area contributed by atoms with Gasteiger partial charge in [-0.05, 0) is 69.2 Å². The second kappa shape index (κ2) is 8.07. The Labute approximate surface area is 177 Å². The Balaban J connectivity index is 1.74. The number of anilines is 1. The lowest BCUT2D eigenvalue weighted by Gasteiger charge is -2.12. The first-order valence-corrected chi connectivity index (χ1v) is 10.9. The number of thiophene rings is 1. The molecule has 7 heteroatoms. The predicted molar refractivity (Wildman–Crippen MR) is 117 cm³/mol. The average Bonchev–Trinajstić information content (AvgIpc) is 3.08. The maximum atomic E-state index is 13.0. The Morgan fingerprint density at radius 1 is 1.20 bits per heavy atom. The highest BCUT2D eigenvalue weighted by Gasteiger charge is 2.28. The summed E-state index contributed by atoms with van der Waals surface area (Å²) in [5, 5.41) is 3.69. The van der Waals surface area contributed by atoms with E-state index >= 15 is 0 Å². The topological polar surface area (TPSA) is 85.6 Å². The SMILES string of the molecule is CCOC(=O)c1c(NC(=O)c2cc(=O)c3ccc(C)c(C)c3o2)sc2c1CCCC2. The molecular weight excluding hydrogens is 402 g/mol. The Morgan fingerprint density at radius 3 is 2.73 bits per heavy atom. The van der Waals surface area contributed by atoms with Gasteiger partial charge in [0, 0.05) is 10.9 Å². The van der Waals surface area contributed by atoms with Gasteiger partial charge in [0.2, 0.25) is 0 Å². The number of fused-ring (bicyclic) bond motifs is 2. The van der Waals surface area contributed by atoms with Gasteiger partial charge in [-0.1, -0.05) is 6.07 Å². The first-order valence-electron chi connectivity index (χ1n) is 10.1. The summed E-state index contributed by atoms with van der Waals surface area (Å²) in [7, 11) is 0. The number of hydrogen-bond acceptors (Lipinski definition) is 6. The minimum absolute atomic E-state index is 0.0811. The van der Waals surface area contributed by atoms with Crippen LogP contribution < -0.4 is 10.7 Å². The Kier molecular flexibility index (Phi) is 5.47. The van der Waals surface area contributed by atoms with Crippen LogP contribution in [0.15, 0.2) is 27.4 Å². The number of hydrogen-bond donors (Lipinski definition) is 1. The molecule has 1 aliphatic rings. The molecule has 1 aromatic carbocycles. The lowest BCUT2D eigenvalue weighted by atomic mass is 9.95. The molecular formula is C23H23NO5S. The van der Waals surface area contributed by atoms with Gasteiger partial charge in [0.05, 0.1) is 17.6 Å². The minimum Gasteiger partial charge on any atom is -0.462 e. The van der Waals surface area contributed by atoms with E-state index in [1.165, 1.54) is 17.4 Å². The number of esters is 1. The molecule has 2 heterocycles. The summed E-state index contributed by atoms with van der Waals surface area (Å²) in [6.45, 7) is 5.79. The van der Waals surface area contributed by atoms with Gasteiger partial charge in [0.15, 0.2) is 11.2 Å². The third kappa shape index (κ3) is 3.54. The van der Waals surface area contributed by atoms with Crippen molar-refractivity contribution >= 4 is 39.2 Å². The smallest absolute Gasteiger partial charge is 0.341 e. The number of ether oxygens (including phenoxy) is 1. The molecule has 0 fully saturated rings. The van der Waals surface area contributed by atoms with Crippen LogP contribution in [0.5, 0.6) is 0 Å². The van der Waals surface area contributed by atoms with Crippen molar-refractivity contribution in [3.05, 3.63) is 61.3 Å². The fraction of sp³-hybridized carbons (Fsp3) is 0.348. The predicted octanol–water partition coefficient (Wildman–Crippen LogP) is 4.78. The van der Waals surface area contributed by atoms with E-state index in [4.69, 9.17) is 9.15 Å². The molecule has 0 saturated carbocycles. The highest BCUT2D eigenvalue weighted by atomic mass is 32.1. The maximum absolute atomic E-state index is 13.0. The van der Waals surface area contributed by atoms with Crippen LogP contribution in [-0.4, -0.2) is 18.5 Å². The molecule has 0 aliphatic heterocycles. The standard InChI is InChI=1S/C23H23NO5S/c1-4-28-23(27)19-15-7-5-6-8-18(15)30-22(19)24-21(26)17-11-16(25)14-10-9-12(2)13(3)20(14)29-17/h9-11H,4-8H2,1-3H3,(H,24,26). The summed E-state index contributed by atoms with van der Waals surface area (Å²) in [4.78, 5) is 39.2. The van der Waals surface area contributed by atoms with E-state index in [1.54, 1.807) is 13.0 Å². The average molecular weight is 426 g/mol. The van der Waals surface area contributed by atoms with Crippen LogP contribution in [0.2, 0.25) is 0 Å². The molecule has 1 amide bonds. The van der Waals surface area contributed by atoms with Crippen molar-refractivity contribution in [3.63, 3.8) is 0 Å². The van der Waals surface area contributed by atoms with Crippen LogP contribution in [0.1, 0.15) is 62.2 Å². The zero-order valence-electron chi connectivity index (χ0n) is 17.2. The quantitative estimate of drug-likeness (QED) is 0.608. The second-order valence-corrected chi connectivity index (χ2v) is 8.55. The van der Waals surface area contributed by atoms with Gasteiger partial charge in [0.1, 0.15) is 10.6 Å². The molecule has 1 aliphatic carbocycles. The zero-order chi connectivity index (χ0) is 21.4. The summed E-state index contributed by atoms with van der Waals surface area (Å²) in [6.07, 6.45) is 3.73. The minimum atomic E-state index is -0.556. The molecule has 2 aromatic heterocycles. The van der Waals surface area contributed by atoms with Gasteiger partial charge >= 0.3 is 5.97 Å². The summed E-state index contributed by atoms with van der Waals surface area (Å²) in [5.41, 5.74) is 3.31. The number of amides is 1. The van der Waals surface area contributed by atoms with Gasteiger partial charge in [-0.25, -0.2) is 4.79 Å². The molecule has 0 radical (unpaired) electrons. The molecule has 0 saturated heterocycles. The lowest BCUT2D eigenvalue weighted by Crippen LogP contribution is -2.17. The van der Waals surface area contributed by atoms with E-state index in [2.05, 4.69) is 5.32 Å². The largest absolute Gasteiger partial charge is 0.462 e. The van der Waals surface area contributed by atoms with Crippen molar-refractivity contribution in [1.29, 1.82) is 0 Å². The molecule has 0 bridgehead atoms. The van der Waals surface area contributed by atoms with Crippen LogP contribution in [0.25, 0.3) is 11.0 Å². The Morgan fingerprint density at radius 2 is 1.97 bits per heavy atom. The van der Waals surface area contributed by atoms with Crippen molar-refractivity contribution in [1.82, 2.24) is 0 Å². The van der Waals surface area contributed by atoms with Crippen molar-refractivity contribution in [2.75, 3.05) is 11.9 Å². The number of benzene rings is 1. The van der Waals surface area contributed by atoms with Crippen LogP contribution in [0.4, 0.5) is 5.00 Å². The zero-order valence-corrected chi connectivity index (χ0v) is 18.0. The van der Waals surface area contributed by atoms with Gasteiger partial charge < -0.3 is 14.5 Å². The normalized spacial score (nSPS) is 13.2. The Hall–Kier alpha value is -2.93. The molecule has 1 N–H and O–H groups in total. The first-order chi connectivity index (χ1) is 14.4. The molecule has 0 unspecified atom stereocenters. The van der Waals surface area contributed by atoms with Crippen molar-refractivity contribution in [2.45, 2.75) is 46.5 Å². The third-order valence-corrected chi connectivity index (χ3v) is 6.73. The summed E-state index contributed by atoms with van der Waals surface area (Å²) in [6, 6.07) is 4.76. The van der Waals surface area contributed by atoms with E-state index in [9.17, 15) is 14.4 Å². The maximum Gasteiger partial charge on any atom is 0.341 e. The molecule has 0 spiro atoms. The molecule has 4 rings (SSSR count). The van der Waals surface area contributed by atoms with E-state index < -0.39 is 11.9 Å². The van der Waals surface area contributed by atoms with Crippen LogP contribution >= 0.6 is 11.3 Å². The fourth-order valence-electron chi connectivity index (χ4n) is 3.80. The number of rotatable bonds is 4. The van der Waals surface area contributed by atoms with Crippen LogP contribution in [-0.2, 0) is 17.6 Å². The summed E-state index contributed by atoms with van der Waals surface area (Å²) >= 11 is 1.40. The van der Waals surface area contributed by atoms with Gasteiger partial charge in [-0.15, -0.1) is 11.3 Å². The van der Waals surface area contributed by atoms with Gasteiger partial charge in [-0.3, -0.25) is 9.59 Å². The monoisotopic (exact) mass is 425 g/mol. The second-order valence-electron chi connectivity index (χ2n) is 7.45. The molecule has 156 valence electrons. The van der Waals surface area contributed by atoms with Crippen molar-refractivity contribution < 1.29 is 18.7 Å². The third-order valence-electron chi connectivity index (χ3n) is 5.52. The van der Waals surface area contributed by atoms with Gasteiger partial charge in [0.25, 0.3) is 5.91 Å². The number of nitrogens with one attached hydrogen (secondary N) is 1. The molecule has 0 atom stereocenters. The molecule has 30 heavy (non-hydrogen) atoms. The van der Waals surface area contributed by atoms with Crippen molar-refractivity contribution in [2.24, 2.45) is 0 Å². The van der Waals surface area contributed by atoms with Crippen molar-refractivity contribution in [3.8, 4) is 0 Å². The summed E-state index contributed by atoms with van der Waals surface area (Å²) in [5.74, 6) is -1.07. The summed E-state index contributed by atoms with van der Waals surface area (Å²) < 4.78 is 11.0. The van der Waals surface area contributed by atoms with E-state index in [-0.39, 0.29) is 17.8 Å². The first kappa shape index (κ1) is 20.3.